The predicted octanol–water partition coefficient (Wildman–Crippen LogP) is -1.95. The van der Waals surface area contributed by atoms with E-state index in [4.69, 9.17) is 16.6 Å². The molecule has 0 aliphatic rings. The van der Waals surface area contributed by atoms with Crippen LogP contribution in [0.15, 0.2) is 0 Å². The van der Waals surface area contributed by atoms with E-state index in [0.29, 0.717) is 10.0 Å². The monoisotopic (exact) mass is 346 g/mol. The summed E-state index contributed by atoms with van der Waals surface area (Å²) in [5, 5.41) is 31.2. The molecule has 1 heterocycles. The minimum absolute atomic E-state index is 0.0149. The van der Waals surface area contributed by atoms with E-state index in [1.807, 2.05) is 0 Å². The molecular formula is C11H18N6O5S. The van der Waals surface area contributed by atoms with Gasteiger partial charge in [-0.2, -0.15) is 0 Å². The van der Waals surface area contributed by atoms with Gasteiger partial charge in [0.15, 0.2) is 0 Å². The molecule has 11 nitrogen and oxygen atoms in total. The topological polar surface area (TPSA) is 194 Å². The van der Waals surface area contributed by atoms with Crippen LogP contribution >= 0.6 is 11.3 Å². The molecule has 1 aromatic heterocycles. The summed E-state index contributed by atoms with van der Waals surface area (Å²) < 4.78 is 0. The molecule has 0 saturated heterocycles. The van der Waals surface area contributed by atoms with Gasteiger partial charge in [0.25, 0.3) is 0 Å². The number of carboxylic acids is 1. The van der Waals surface area contributed by atoms with Crippen LogP contribution in [-0.4, -0.2) is 50.5 Å². The maximum Gasteiger partial charge on any atom is 0.326 e. The Hall–Kier alpha value is -2.31. The second-order valence-electron chi connectivity index (χ2n) is 4.69. The van der Waals surface area contributed by atoms with Crippen LogP contribution in [0.1, 0.15) is 29.4 Å². The summed E-state index contributed by atoms with van der Waals surface area (Å²) in [6, 6.07) is -2.89. The second-order valence-corrected chi connectivity index (χ2v) is 5.78. The van der Waals surface area contributed by atoms with Crippen LogP contribution in [0.2, 0.25) is 0 Å². The van der Waals surface area contributed by atoms with E-state index in [1.54, 1.807) is 0 Å². The number of aromatic nitrogens is 2. The number of primary amides is 1. The summed E-state index contributed by atoms with van der Waals surface area (Å²) in [5.74, 6) is -2.22. The first-order chi connectivity index (χ1) is 10.7. The maximum absolute atomic E-state index is 11.6. The summed E-state index contributed by atoms with van der Waals surface area (Å²) in [7, 11) is 0. The number of nitrogens with two attached hydrogens (primary N) is 2. The Kier molecular flexibility index (Phi) is 6.81. The van der Waals surface area contributed by atoms with E-state index < -0.39 is 42.5 Å². The molecular weight excluding hydrogens is 328 g/mol. The maximum atomic E-state index is 11.6. The van der Waals surface area contributed by atoms with Crippen molar-refractivity contribution >= 4 is 29.2 Å². The van der Waals surface area contributed by atoms with Gasteiger partial charge in [0, 0.05) is 0 Å². The van der Waals surface area contributed by atoms with Crippen molar-refractivity contribution in [3.63, 3.8) is 0 Å². The van der Waals surface area contributed by atoms with E-state index in [-0.39, 0.29) is 6.54 Å². The molecule has 0 saturated carbocycles. The molecule has 23 heavy (non-hydrogen) atoms. The van der Waals surface area contributed by atoms with Gasteiger partial charge < -0.3 is 32.3 Å². The van der Waals surface area contributed by atoms with Gasteiger partial charge in [0.2, 0.25) is 5.91 Å². The molecule has 1 aromatic rings. The largest absolute Gasteiger partial charge is 0.480 e. The first-order valence-corrected chi connectivity index (χ1v) is 7.33. The third-order valence-corrected chi connectivity index (χ3v) is 3.72. The van der Waals surface area contributed by atoms with Gasteiger partial charge in [-0.05, 0) is 6.92 Å². The van der Waals surface area contributed by atoms with Crippen molar-refractivity contribution < 1.29 is 24.6 Å². The third kappa shape index (κ3) is 6.14. The van der Waals surface area contributed by atoms with Crippen LogP contribution in [0.5, 0.6) is 0 Å². The van der Waals surface area contributed by atoms with Gasteiger partial charge in [-0.25, -0.2) is 9.59 Å². The first-order valence-electron chi connectivity index (χ1n) is 6.52. The zero-order valence-corrected chi connectivity index (χ0v) is 13.0. The number of hydrogen-bond donors (Lipinski definition) is 6. The summed E-state index contributed by atoms with van der Waals surface area (Å²) in [6.45, 7) is 1.50. The van der Waals surface area contributed by atoms with Gasteiger partial charge in [-0.3, -0.25) is 4.79 Å². The number of carbonyl (C=O) groups is 3. The number of nitrogens with one attached hydrogen (secondary N) is 2. The fraction of sp³-hybridized carbons (Fsp3) is 0.545. The lowest BCUT2D eigenvalue weighted by atomic mass is 10.2. The Morgan fingerprint density at radius 3 is 2.52 bits per heavy atom. The summed E-state index contributed by atoms with van der Waals surface area (Å²) >= 11 is 1.11. The standard InChI is InChI=1S/C11H18N6O5S/c1-4(18)8(13)9-17-16-7(23-9)3-14-11(22)15-5(10(20)21)2-6(12)19/h4-5,8,18H,2-3,13H2,1H3,(H2,12,19)(H,20,21)(H2,14,15,22). The highest BCUT2D eigenvalue weighted by atomic mass is 32.1. The molecule has 8 N–H and O–H groups in total. The molecule has 12 heteroatoms. The van der Waals surface area contributed by atoms with E-state index in [1.165, 1.54) is 6.92 Å². The summed E-state index contributed by atoms with van der Waals surface area (Å²) in [5.41, 5.74) is 10.6. The minimum Gasteiger partial charge on any atom is -0.480 e. The Morgan fingerprint density at radius 1 is 1.35 bits per heavy atom. The lowest BCUT2D eigenvalue weighted by molar-refractivity contribution is -0.140. The fourth-order valence-corrected chi connectivity index (χ4v) is 2.33. The van der Waals surface area contributed by atoms with E-state index >= 15 is 0 Å². The third-order valence-electron chi connectivity index (χ3n) is 2.70. The van der Waals surface area contributed by atoms with Crippen LogP contribution in [0, 0.1) is 0 Å². The number of rotatable bonds is 8. The van der Waals surface area contributed by atoms with Gasteiger partial charge in [0.1, 0.15) is 16.1 Å². The lowest BCUT2D eigenvalue weighted by Crippen LogP contribution is -2.47. The van der Waals surface area contributed by atoms with E-state index in [2.05, 4.69) is 20.8 Å². The zero-order valence-electron chi connectivity index (χ0n) is 12.2. The number of nitrogens with zero attached hydrogens (tertiary/aromatic N) is 2. The van der Waals surface area contributed by atoms with Crippen molar-refractivity contribution in [2.75, 3.05) is 0 Å². The quantitative estimate of drug-likeness (QED) is 0.312. The van der Waals surface area contributed by atoms with Crippen molar-refractivity contribution in [2.45, 2.75) is 38.1 Å². The SMILES string of the molecule is CC(O)C(N)c1nnc(CNC(=O)NC(CC(N)=O)C(=O)O)s1. The van der Waals surface area contributed by atoms with Crippen LogP contribution in [-0.2, 0) is 16.1 Å². The molecule has 1 rings (SSSR count). The molecule has 0 aliphatic carbocycles. The number of aliphatic hydroxyl groups excluding tert-OH is 1. The lowest BCUT2D eigenvalue weighted by Gasteiger charge is -2.13. The first kappa shape index (κ1) is 18.7. The number of carboxylic acid groups (broad SMARTS) is 1. The highest BCUT2D eigenvalue weighted by Crippen LogP contribution is 2.18. The van der Waals surface area contributed by atoms with Crippen molar-refractivity contribution in [3.05, 3.63) is 10.0 Å². The van der Waals surface area contributed by atoms with Crippen molar-refractivity contribution in [3.8, 4) is 0 Å². The summed E-state index contributed by atoms with van der Waals surface area (Å²) in [4.78, 5) is 33.2. The molecule has 0 fully saturated rings. The van der Waals surface area contributed by atoms with E-state index in [0.717, 1.165) is 11.3 Å². The Morgan fingerprint density at radius 2 is 2.00 bits per heavy atom. The van der Waals surface area contributed by atoms with Gasteiger partial charge in [-0.15, -0.1) is 10.2 Å². The number of amides is 3. The molecule has 0 aromatic carbocycles. The normalized spacial score (nSPS) is 14.6. The van der Waals surface area contributed by atoms with E-state index in [9.17, 15) is 19.5 Å². The average Bonchev–Trinajstić information content (AvgIpc) is 2.91. The molecule has 128 valence electrons. The number of carbonyl (C=O) groups excluding carboxylic acids is 2. The molecule has 0 spiro atoms. The van der Waals surface area contributed by atoms with Crippen LogP contribution in [0.4, 0.5) is 4.79 Å². The number of aliphatic carboxylic acids is 1. The zero-order chi connectivity index (χ0) is 17.6. The Bertz CT molecular complexity index is 577. The average molecular weight is 346 g/mol. The smallest absolute Gasteiger partial charge is 0.326 e. The van der Waals surface area contributed by atoms with Crippen molar-refractivity contribution in [1.82, 2.24) is 20.8 Å². The van der Waals surface area contributed by atoms with Crippen molar-refractivity contribution in [1.29, 1.82) is 0 Å². The van der Waals surface area contributed by atoms with Gasteiger partial charge in [0.05, 0.1) is 25.1 Å². The van der Waals surface area contributed by atoms with Crippen LogP contribution < -0.4 is 22.1 Å². The molecule has 0 bridgehead atoms. The minimum atomic E-state index is -1.42. The number of aliphatic hydroxyl groups is 1. The second kappa shape index (κ2) is 8.36. The molecule has 3 atom stereocenters. The van der Waals surface area contributed by atoms with Gasteiger partial charge >= 0.3 is 12.0 Å². The fourth-order valence-electron chi connectivity index (χ4n) is 1.45. The highest BCUT2D eigenvalue weighted by Gasteiger charge is 2.22. The predicted molar refractivity (Wildman–Crippen MR) is 79.1 cm³/mol. The van der Waals surface area contributed by atoms with Crippen LogP contribution in [0.3, 0.4) is 0 Å². The molecule has 3 unspecified atom stereocenters. The highest BCUT2D eigenvalue weighted by molar-refractivity contribution is 7.11. The van der Waals surface area contributed by atoms with Crippen LogP contribution in [0.25, 0.3) is 0 Å². The van der Waals surface area contributed by atoms with Gasteiger partial charge in [-0.1, -0.05) is 11.3 Å². The number of hydrogen-bond acceptors (Lipinski definition) is 8. The summed E-state index contributed by atoms with van der Waals surface area (Å²) in [6.07, 6.45) is -1.31. The Labute approximate surface area is 135 Å². The number of urea groups is 1. The molecule has 3 amide bonds. The molecule has 0 radical (unpaired) electrons. The van der Waals surface area contributed by atoms with Crippen molar-refractivity contribution in [2.24, 2.45) is 11.5 Å². The Balaban J connectivity index is 2.52. The molecule has 0 aliphatic heterocycles.